The first-order chi connectivity index (χ1) is 17.7. The summed E-state index contributed by atoms with van der Waals surface area (Å²) in [4.78, 5) is 42.7. The standard InChI is InChI=1S/C23H25F6N5O3S/c1-33(2)20(35)17(11-30-37)31-19-18(38-21(36)32-19)9-13-5-7-34(8-6-13)12-14-3-4-15(22(24,25)26)10-16(14)23(27,28)29/h3-4,9-10,13,17H,5-8,11-12H2,1-2H3,(H,31,32,36)/b18-9-/t17-/m1/s1. The Bertz CT molecular complexity index is 1130. The van der Waals surface area contributed by atoms with Crippen molar-refractivity contribution in [2.45, 2.75) is 37.8 Å². The largest absolute Gasteiger partial charge is 0.416 e. The molecule has 2 saturated heterocycles. The molecule has 1 aromatic rings. The summed E-state index contributed by atoms with van der Waals surface area (Å²) in [6.45, 7) is 0.186. The van der Waals surface area contributed by atoms with Gasteiger partial charge in [0.05, 0.1) is 16.0 Å². The molecule has 1 N–H and O–H groups in total. The van der Waals surface area contributed by atoms with Gasteiger partial charge in [-0.2, -0.15) is 31.2 Å². The zero-order valence-electron chi connectivity index (χ0n) is 20.4. The quantitative estimate of drug-likeness (QED) is 0.375. The number of nitroso groups, excluding NO2 is 1. The third-order valence-electron chi connectivity index (χ3n) is 6.07. The minimum atomic E-state index is -4.93. The third kappa shape index (κ3) is 7.56. The number of hydrogen-bond donors (Lipinski definition) is 1. The lowest BCUT2D eigenvalue weighted by atomic mass is 9.95. The smallest absolute Gasteiger partial charge is 0.347 e. The first-order valence-electron chi connectivity index (χ1n) is 11.5. The van der Waals surface area contributed by atoms with E-state index >= 15 is 0 Å². The molecule has 1 aromatic carbocycles. The van der Waals surface area contributed by atoms with Gasteiger partial charge in [0.2, 0.25) is 5.91 Å². The number of likely N-dealkylation sites (tertiary alicyclic amines) is 1. The van der Waals surface area contributed by atoms with Crippen LogP contribution in [0.4, 0.5) is 31.1 Å². The first-order valence-corrected chi connectivity index (χ1v) is 12.3. The molecule has 0 unspecified atom stereocenters. The summed E-state index contributed by atoms with van der Waals surface area (Å²) >= 11 is 0.875. The highest BCUT2D eigenvalue weighted by Gasteiger charge is 2.38. The Labute approximate surface area is 218 Å². The van der Waals surface area contributed by atoms with E-state index in [0.717, 1.165) is 17.8 Å². The number of amides is 2. The predicted molar refractivity (Wildman–Crippen MR) is 129 cm³/mol. The number of nitrogens with zero attached hydrogens (tertiary/aromatic N) is 4. The van der Waals surface area contributed by atoms with Gasteiger partial charge in [0.15, 0.2) is 6.04 Å². The average molecular weight is 566 g/mol. The number of benzene rings is 1. The van der Waals surface area contributed by atoms with Gasteiger partial charge in [-0.3, -0.25) is 19.5 Å². The van der Waals surface area contributed by atoms with Gasteiger partial charge in [-0.05, 0) is 61.3 Å². The number of piperidine rings is 1. The molecule has 0 aliphatic carbocycles. The fourth-order valence-electron chi connectivity index (χ4n) is 4.13. The van der Waals surface area contributed by atoms with Crippen LogP contribution in [0.1, 0.15) is 29.5 Å². The van der Waals surface area contributed by atoms with Crippen LogP contribution in [0.3, 0.4) is 0 Å². The first kappa shape index (κ1) is 29.6. The second-order valence-corrected chi connectivity index (χ2v) is 10.1. The highest BCUT2D eigenvalue weighted by Crippen LogP contribution is 2.38. The Hall–Kier alpha value is -2.94. The molecule has 2 fully saturated rings. The van der Waals surface area contributed by atoms with Crippen LogP contribution >= 0.6 is 11.8 Å². The van der Waals surface area contributed by atoms with Gasteiger partial charge in [0.1, 0.15) is 12.4 Å². The summed E-state index contributed by atoms with van der Waals surface area (Å²) in [6, 6.07) is 0.559. The van der Waals surface area contributed by atoms with Gasteiger partial charge in [-0.1, -0.05) is 17.3 Å². The number of aliphatic imine (C=N–C) groups is 1. The number of rotatable bonds is 7. The highest BCUT2D eigenvalue weighted by atomic mass is 32.2. The SMILES string of the molecule is CN(C)C(=O)[C@@H](CN=O)N=C1NC(=O)S/C1=C\C1CCN(Cc2ccc(C(F)(F)F)cc2C(F)(F)F)CC1. The number of likely N-dealkylation sites (N-methyl/N-ethyl adjacent to an activating group) is 1. The van der Waals surface area contributed by atoms with E-state index in [1.165, 1.54) is 19.0 Å². The molecule has 0 spiro atoms. The maximum atomic E-state index is 13.5. The van der Waals surface area contributed by atoms with E-state index in [-0.39, 0.29) is 29.9 Å². The lowest BCUT2D eigenvalue weighted by Crippen LogP contribution is -2.36. The fraction of sp³-hybridized carbons (Fsp3) is 0.522. The molecule has 15 heteroatoms. The lowest BCUT2D eigenvalue weighted by Gasteiger charge is -2.31. The number of amidine groups is 1. The molecule has 8 nitrogen and oxygen atoms in total. The molecule has 208 valence electrons. The summed E-state index contributed by atoms with van der Waals surface area (Å²) in [5, 5.41) is 4.88. The summed E-state index contributed by atoms with van der Waals surface area (Å²) in [6.07, 6.45) is -6.99. The number of thioether (sulfide) groups is 1. The van der Waals surface area contributed by atoms with Crippen LogP contribution in [0.5, 0.6) is 0 Å². The molecule has 38 heavy (non-hydrogen) atoms. The summed E-state index contributed by atoms with van der Waals surface area (Å²) in [5.41, 5.74) is -2.90. The van der Waals surface area contributed by atoms with E-state index in [9.17, 15) is 40.8 Å². The second kappa shape index (κ2) is 11.8. The monoisotopic (exact) mass is 565 g/mol. The van der Waals surface area contributed by atoms with Crippen LogP contribution in [-0.2, 0) is 23.7 Å². The van der Waals surface area contributed by atoms with Crippen molar-refractivity contribution in [1.29, 1.82) is 0 Å². The number of halogens is 6. The van der Waals surface area contributed by atoms with E-state index in [0.29, 0.717) is 36.9 Å². The Kier molecular flexibility index (Phi) is 9.23. The van der Waals surface area contributed by atoms with Crippen molar-refractivity contribution in [2.75, 3.05) is 33.7 Å². The van der Waals surface area contributed by atoms with E-state index in [1.807, 2.05) is 0 Å². The summed E-state index contributed by atoms with van der Waals surface area (Å²) < 4.78 is 79.2. The fourth-order valence-corrected chi connectivity index (χ4v) is 4.94. The molecule has 2 aliphatic rings. The number of allylic oxidation sites excluding steroid dienone is 1. The molecule has 1 atom stereocenters. The van der Waals surface area contributed by atoms with Gasteiger partial charge in [-0.15, -0.1) is 0 Å². The molecular formula is C23H25F6N5O3S. The van der Waals surface area contributed by atoms with Gasteiger partial charge in [0.25, 0.3) is 5.24 Å². The van der Waals surface area contributed by atoms with Crippen LogP contribution in [0.2, 0.25) is 0 Å². The van der Waals surface area contributed by atoms with Gasteiger partial charge in [-0.25, -0.2) is 0 Å². The van der Waals surface area contributed by atoms with E-state index in [2.05, 4.69) is 15.5 Å². The van der Waals surface area contributed by atoms with Crippen LogP contribution in [0.15, 0.2) is 39.3 Å². The van der Waals surface area contributed by atoms with Crippen molar-refractivity contribution >= 4 is 28.7 Å². The van der Waals surface area contributed by atoms with Crippen LogP contribution < -0.4 is 5.32 Å². The number of carbonyl (C=O) groups excluding carboxylic acids is 2. The van der Waals surface area contributed by atoms with Crippen molar-refractivity contribution in [2.24, 2.45) is 16.1 Å². The molecule has 0 radical (unpaired) electrons. The zero-order valence-corrected chi connectivity index (χ0v) is 21.2. The molecule has 0 aromatic heterocycles. The zero-order chi connectivity index (χ0) is 28.3. The van der Waals surface area contributed by atoms with Gasteiger partial charge >= 0.3 is 12.4 Å². The van der Waals surface area contributed by atoms with E-state index in [1.54, 1.807) is 11.0 Å². The molecule has 2 heterocycles. The van der Waals surface area contributed by atoms with Crippen LogP contribution in [-0.4, -0.2) is 66.6 Å². The minimum Gasteiger partial charge on any atom is -0.347 e. The van der Waals surface area contributed by atoms with Crippen molar-refractivity contribution in [3.63, 3.8) is 0 Å². The van der Waals surface area contributed by atoms with E-state index < -0.39 is 47.2 Å². The van der Waals surface area contributed by atoms with Crippen molar-refractivity contribution < 1.29 is 35.9 Å². The number of nitrogens with one attached hydrogen (secondary N) is 1. The van der Waals surface area contributed by atoms with Crippen molar-refractivity contribution in [3.05, 3.63) is 50.8 Å². The van der Waals surface area contributed by atoms with Gasteiger partial charge < -0.3 is 10.2 Å². The van der Waals surface area contributed by atoms with Crippen molar-refractivity contribution in [1.82, 2.24) is 15.1 Å². The molecule has 0 saturated carbocycles. The maximum Gasteiger partial charge on any atom is 0.416 e. The highest BCUT2D eigenvalue weighted by molar-refractivity contribution is 8.18. The summed E-state index contributed by atoms with van der Waals surface area (Å²) in [7, 11) is 2.99. The van der Waals surface area contributed by atoms with Gasteiger partial charge in [0, 0.05) is 20.6 Å². The third-order valence-corrected chi connectivity index (χ3v) is 6.91. The van der Waals surface area contributed by atoms with Crippen molar-refractivity contribution in [3.8, 4) is 0 Å². The Morgan fingerprint density at radius 2 is 1.84 bits per heavy atom. The lowest BCUT2D eigenvalue weighted by molar-refractivity contribution is -0.143. The number of hydrogen-bond acceptors (Lipinski definition) is 7. The predicted octanol–water partition coefficient (Wildman–Crippen LogP) is 4.90. The number of carbonyl (C=O) groups is 2. The Balaban J connectivity index is 1.71. The summed E-state index contributed by atoms with van der Waals surface area (Å²) in [5.74, 6) is -0.378. The molecule has 3 rings (SSSR count). The van der Waals surface area contributed by atoms with Crippen LogP contribution in [0.25, 0.3) is 0 Å². The maximum absolute atomic E-state index is 13.5. The minimum absolute atomic E-state index is 0.0615. The normalized spacial score (nSPS) is 20.6. The Morgan fingerprint density at radius 1 is 1.18 bits per heavy atom. The van der Waals surface area contributed by atoms with E-state index in [4.69, 9.17) is 0 Å². The molecular weight excluding hydrogens is 540 g/mol. The second-order valence-electron chi connectivity index (χ2n) is 9.06. The molecule has 2 amide bonds. The molecule has 0 bridgehead atoms. The average Bonchev–Trinajstić information content (AvgIpc) is 3.16. The topological polar surface area (TPSA) is 94.4 Å². The number of alkyl halides is 6. The Morgan fingerprint density at radius 3 is 2.39 bits per heavy atom. The van der Waals surface area contributed by atoms with Crippen LogP contribution in [0, 0.1) is 10.8 Å². The molecule has 2 aliphatic heterocycles.